The summed E-state index contributed by atoms with van der Waals surface area (Å²) in [6.45, 7) is 6.69. The van der Waals surface area contributed by atoms with Crippen LogP contribution in [-0.4, -0.2) is 31.0 Å². The molecular formula is C31H32N2O5S. The van der Waals surface area contributed by atoms with Gasteiger partial charge in [-0.2, -0.15) is 0 Å². The lowest BCUT2D eigenvalue weighted by Crippen LogP contribution is -2.37. The third-order valence-corrected chi connectivity index (χ3v) is 9.57. The Kier molecular flexibility index (Phi) is 6.35. The molecule has 2 aromatic carbocycles. The standard InChI is InChI=1S/C31H32N2O5S/c1-31(2,3)19-15-16-21-22(17-19)39-29(23(21)30(36)37-4)32-27(34)24-25(18-11-7-5-8-12-18)33(38-26(24)28(32)35)20-13-9-6-10-14-20/h5-14,19,24-26H,15-17H2,1-4H3/t19-,24-,25-,26+/m0/s1. The molecule has 7 nitrogen and oxygen atoms in total. The second-order valence-electron chi connectivity index (χ2n) is 11.6. The Balaban J connectivity index is 1.42. The number of anilines is 2. The molecule has 4 atom stereocenters. The normalized spacial score (nSPS) is 24.6. The zero-order chi connectivity index (χ0) is 27.5. The lowest BCUT2D eigenvalue weighted by atomic mass is 9.72. The van der Waals surface area contributed by atoms with Gasteiger partial charge in [0, 0.05) is 4.88 Å². The van der Waals surface area contributed by atoms with E-state index < -0.39 is 29.9 Å². The Labute approximate surface area is 232 Å². The van der Waals surface area contributed by atoms with Crippen molar-refractivity contribution in [3.8, 4) is 0 Å². The van der Waals surface area contributed by atoms with Crippen LogP contribution < -0.4 is 9.96 Å². The Hall–Kier alpha value is -3.49. The fraction of sp³-hybridized carbons (Fsp3) is 0.387. The Morgan fingerprint density at radius 1 is 1.00 bits per heavy atom. The number of carbonyl (C=O) groups excluding carboxylic acids is 3. The third-order valence-electron chi connectivity index (χ3n) is 8.33. The minimum Gasteiger partial charge on any atom is -0.465 e. The molecule has 1 aliphatic carbocycles. The smallest absolute Gasteiger partial charge is 0.341 e. The van der Waals surface area contributed by atoms with Gasteiger partial charge in [-0.25, -0.2) is 14.8 Å². The summed E-state index contributed by atoms with van der Waals surface area (Å²) in [5.74, 6) is -1.63. The number of benzene rings is 2. The predicted molar refractivity (Wildman–Crippen MR) is 150 cm³/mol. The van der Waals surface area contributed by atoms with Gasteiger partial charge < -0.3 is 4.74 Å². The van der Waals surface area contributed by atoms with E-state index in [0.717, 1.165) is 34.5 Å². The van der Waals surface area contributed by atoms with E-state index in [4.69, 9.17) is 9.57 Å². The van der Waals surface area contributed by atoms with Crippen LogP contribution in [0.5, 0.6) is 0 Å². The molecule has 39 heavy (non-hydrogen) atoms. The molecule has 3 aromatic rings. The Bertz CT molecular complexity index is 1430. The average molecular weight is 545 g/mol. The highest BCUT2D eigenvalue weighted by atomic mass is 32.1. The van der Waals surface area contributed by atoms with Crippen molar-refractivity contribution in [3.63, 3.8) is 0 Å². The number of rotatable bonds is 4. The molecule has 6 rings (SSSR count). The minimum atomic E-state index is -0.991. The summed E-state index contributed by atoms with van der Waals surface area (Å²) in [6, 6.07) is 18.7. The number of para-hydroxylation sites is 1. The van der Waals surface area contributed by atoms with Crippen molar-refractivity contribution >= 4 is 39.8 Å². The first-order chi connectivity index (χ1) is 18.7. The highest BCUT2D eigenvalue weighted by Crippen LogP contribution is 2.51. The van der Waals surface area contributed by atoms with Crippen molar-refractivity contribution in [2.75, 3.05) is 17.1 Å². The van der Waals surface area contributed by atoms with Crippen LogP contribution in [0.1, 0.15) is 59.6 Å². The maximum Gasteiger partial charge on any atom is 0.341 e. The molecule has 0 N–H and O–H groups in total. The van der Waals surface area contributed by atoms with Crippen LogP contribution in [0.4, 0.5) is 10.7 Å². The van der Waals surface area contributed by atoms with Gasteiger partial charge >= 0.3 is 5.97 Å². The summed E-state index contributed by atoms with van der Waals surface area (Å²) < 4.78 is 5.16. The number of methoxy groups -OCH3 is 1. The van der Waals surface area contributed by atoms with Gasteiger partial charge in [0.05, 0.1) is 24.4 Å². The number of nitrogens with zero attached hydrogens (tertiary/aromatic N) is 2. The van der Waals surface area contributed by atoms with E-state index in [1.165, 1.54) is 23.3 Å². The summed E-state index contributed by atoms with van der Waals surface area (Å²) >= 11 is 1.38. The van der Waals surface area contributed by atoms with Crippen LogP contribution in [0.3, 0.4) is 0 Å². The molecule has 202 valence electrons. The molecule has 8 heteroatoms. The van der Waals surface area contributed by atoms with Crippen molar-refractivity contribution in [2.24, 2.45) is 17.3 Å². The number of hydrogen-bond donors (Lipinski definition) is 0. The predicted octanol–water partition coefficient (Wildman–Crippen LogP) is 5.74. The zero-order valence-electron chi connectivity index (χ0n) is 22.5. The number of carbonyl (C=O) groups is 3. The summed E-state index contributed by atoms with van der Waals surface area (Å²) in [4.78, 5) is 49.8. The van der Waals surface area contributed by atoms with E-state index in [1.807, 2.05) is 60.7 Å². The molecule has 2 aliphatic heterocycles. The first-order valence-electron chi connectivity index (χ1n) is 13.4. The van der Waals surface area contributed by atoms with Gasteiger partial charge in [0.2, 0.25) is 5.91 Å². The molecule has 1 aromatic heterocycles. The van der Waals surface area contributed by atoms with Crippen LogP contribution in [0.25, 0.3) is 0 Å². The van der Waals surface area contributed by atoms with Crippen LogP contribution in [0, 0.1) is 17.3 Å². The van der Waals surface area contributed by atoms with Crippen molar-refractivity contribution in [3.05, 3.63) is 82.2 Å². The molecule has 0 saturated carbocycles. The Morgan fingerprint density at radius 2 is 1.67 bits per heavy atom. The largest absolute Gasteiger partial charge is 0.465 e. The topological polar surface area (TPSA) is 76.2 Å². The average Bonchev–Trinajstić information content (AvgIpc) is 3.58. The number of imide groups is 1. The first kappa shape index (κ1) is 25.8. The molecule has 2 fully saturated rings. The number of fused-ring (bicyclic) bond motifs is 2. The van der Waals surface area contributed by atoms with Crippen LogP contribution in [0.2, 0.25) is 0 Å². The highest BCUT2D eigenvalue weighted by Gasteiger charge is 2.61. The fourth-order valence-corrected chi connectivity index (χ4v) is 7.61. The molecule has 3 aliphatic rings. The van der Waals surface area contributed by atoms with Crippen molar-refractivity contribution < 1.29 is 24.0 Å². The van der Waals surface area contributed by atoms with E-state index in [2.05, 4.69) is 20.8 Å². The van der Waals surface area contributed by atoms with Crippen LogP contribution in [-0.2, 0) is 32.0 Å². The lowest BCUT2D eigenvalue weighted by molar-refractivity contribution is -0.126. The summed E-state index contributed by atoms with van der Waals surface area (Å²) in [5, 5.41) is 2.05. The molecule has 3 heterocycles. The van der Waals surface area contributed by atoms with Crippen molar-refractivity contribution in [1.82, 2.24) is 0 Å². The van der Waals surface area contributed by atoms with E-state index in [1.54, 1.807) is 5.06 Å². The quantitative estimate of drug-likeness (QED) is 0.308. The van der Waals surface area contributed by atoms with E-state index >= 15 is 0 Å². The van der Waals surface area contributed by atoms with E-state index in [0.29, 0.717) is 22.9 Å². The molecule has 0 spiro atoms. The second kappa shape index (κ2) is 9.61. The minimum absolute atomic E-state index is 0.112. The van der Waals surface area contributed by atoms with Crippen LogP contribution in [0.15, 0.2) is 60.7 Å². The SMILES string of the molecule is COC(=O)c1c(N2C(=O)[C@@H]3[C@@H](ON(c4ccccc4)[C@H]3c3ccccc3)C2=O)sc2c1CC[C@H](C(C)(C)C)C2. The second-order valence-corrected chi connectivity index (χ2v) is 12.6. The van der Waals surface area contributed by atoms with Crippen molar-refractivity contribution in [2.45, 2.75) is 52.2 Å². The molecule has 2 saturated heterocycles. The summed E-state index contributed by atoms with van der Waals surface area (Å²) in [6.07, 6.45) is 1.47. The van der Waals surface area contributed by atoms with Gasteiger partial charge in [0.15, 0.2) is 6.10 Å². The third kappa shape index (κ3) is 4.17. The maximum atomic E-state index is 14.2. The van der Waals surface area contributed by atoms with Gasteiger partial charge in [-0.3, -0.25) is 14.4 Å². The lowest BCUT2D eigenvalue weighted by Gasteiger charge is -2.33. The van der Waals surface area contributed by atoms with E-state index in [9.17, 15) is 14.4 Å². The zero-order valence-corrected chi connectivity index (χ0v) is 23.4. The number of amides is 2. The van der Waals surface area contributed by atoms with Gasteiger partial charge in [0.25, 0.3) is 5.91 Å². The molecule has 0 bridgehead atoms. The Morgan fingerprint density at radius 3 is 2.31 bits per heavy atom. The van der Waals surface area contributed by atoms with Gasteiger partial charge in [-0.1, -0.05) is 69.3 Å². The summed E-state index contributed by atoms with van der Waals surface area (Å²) in [5.41, 5.74) is 3.02. The first-order valence-corrected chi connectivity index (χ1v) is 14.2. The fourth-order valence-electron chi connectivity index (χ4n) is 6.18. The number of ether oxygens (including phenoxy) is 1. The van der Waals surface area contributed by atoms with Crippen molar-refractivity contribution in [1.29, 1.82) is 0 Å². The number of thiophene rings is 1. The molecule has 0 unspecified atom stereocenters. The number of hydrogen-bond acceptors (Lipinski definition) is 7. The van der Waals surface area contributed by atoms with E-state index in [-0.39, 0.29) is 11.3 Å². The van der Waals surface area contributed by atoms with Crippen LogP contribution >= 0.6 is 11.3 Å². The van der Waals surface area contributed by atoms with Gasteiger partial charge in [-0.15, -0.1) is 11.3 Å². The number of esters is 1. The maximum absolute atomic E-state index is 14.2. The number of hydroxylamine groups is 1. The molecular weight excluding hydrogens is 512 g/mol. The van der Waals surface area contributed by atoms with Gasteiger partial charge in [0.1, 0.15) is 10.9 Å². The highest BCUT2D eigenvalue weighted by molar-refractivity contribution is 7.17. The molecule has 0 radical (unpaired) electrons. The van der Waals surface area contributed by atoms with Gasteiger partial charge in [-0.05, 0) is 53.9 Å². The summed E-state index contributed by atoms with van der Waals surface area (Å²) in [7, 11) is 1.34. The molecule has 2 amide bonds. The monoisotopic (exact) mass is 544 g/mol.